The minimum atomic E-state index is -0.145. The van der Waals surface area contributed by atoms with E-state index in [9.17, 15) is 9.59 Å². The van der Waals surface area contributed by atoms with E-state index in [0.29, 0.717) is 22.8 Å². The molecule has 2 amide bonds. The average Bonchev–Trinajstić information content (AvgIpc) is 3.00. The minimum absolute atomic E-state index is 0.134. The van der Waals surface area contributed by atoms with E-state index in [1.807, 2.05) is 49.4 Å². The number of aryl methyl sites for hydroxylation is 1. The van der Waals surface area contributed by atoms with E-state index in [1.54, 1.807) is 0 Å². The first-order chi connectivity index (χ1) is 14.6. The van der Waals surface area contributed by atoms with Crippen molar-refractivity contribution in [3.05, 3.63) is 76.2 Å². The Hall–Kier alpha value is -2.33. The number of benzene rings is 2. The lowest BCUT2D eigenvalue weighted by atomic mass is 10.0. The van der Waals surface area contributed by atoms with Gasteiger partial charge in [0.15, 0.2) is 0 Å². The third kappa shape index (κ3) is 5.63. The summed E-state index contributed by atoms with van der Waals surface area (Å²) in [6.07, 6.45) is 6.79. The van der Waals surface area contributed by atoms with E-state index in [0.717, 1.165) is 36.0 Å². The molecule has 1 heterocycles. The number of imide groups is 1. The number of rotatable bonds is 11. The van der Waals surface area contributed by atoms with Gasteiger partial charge in [-0.1, -0.05) is 99.2 Å². The van der Waals surface area contributed by atoms with Crippen LogP contribution in [0.3, 0.4) is 0 Å². The van der Waals surface area contributed by atoms with Gasteiger partial charge in [-0.25, -0.2) is 0 Å². The van der Waals surface area contributed by atoms with Crippen molar-refractivity contribution in [2.75, 3.05) is 6.54 Å². The van der Waals surface area contributed by atoms with E-state index in [1.165, 1.54) is 35.9 Å². The van der Waals surface area contributed by atoms with Crippen LogP contribution in [0.4, 0.5) is 0 Å². The lowest BCUT2D eigenvalue weighted by Crippen LogP contribution is -2.32. The molecule has 1 aliphatic rings. The number of hydrogen-bond donors (Lipinski definition) is 0. The summed E-state index contributed by atoms with van der Waals surface area (Å²) in [5.41, 5.74) is 3.68. The smallest absolute Gasteiger partial charge is 0.267 e. The van der Waals surface area contributed by atoms with E-state index >= 15 is 0 Å². The zero-order valence-electron chi connectivity index (χ0n) is 18.0. The average molecular weight is 422 g/mol. The summed E-state index contributed by atoms with van der Waals surface area (Å²) in [5.74, 6) is 0.396. The Morgan fingerprint density at radius 2 is 1.47 bits per heavy atom. The molecule has 4 heteroatoms. The lowest BCUT2D eigenvalue weighted by molar-refractivity contribution is -0.136. The van der Waals surface area contributed by atoms with Crippen molar-refractivity contribution in [3.63, 3.8) is 0 Å². The van der Waals surface area contributed by atoms with Crippen LogP contribution in [-0.4, -0.2) is 23.3 Å². The molecule has 30 heavy (non-hydrogen) atoms. The molecule has 2 aromatic rings. The summed E-state index contributed by atoms with van der Waals surface area (Å²) in [5, 5.41) is 0. The van der Waals surface area contributed by atoms with Crippen molar-refractivity contribution in [3.8, 4) is 0 Å². The molecule has 0 spiro atoms. The highest BCUT2D eigenvalue weighted by molar-refractivity contribution is 8.03. The van der Waals surface area contributed by atoms with E-state index in [4.69, 9.17) is 0 Å². The molecule has 0 unspecified atom stereocenters. The third-order valence-corrected chi connectivity index (χ3v) is 6.57. The predicted molar refractivity (Wildman–Crippen MR) is 126 cm³/mol. The predicted octanol–water partition coefficient (Wildman–Crippen LogP) is 6.37. The van der Waals surface area contributed by atoms with Crippen LogP contribution < -0.4 is 0 Å². The van der Waals surface area contributed by atoms with Gasteiger partial charge in [0.1, 0.15) is 0 Å². The molecule has 0 aliphatic carbocycles. The number of carbonyl (C=O) groups excluding carboxylic acids is 2. The Morgan fingerprint density at radius 1 is 0.800 bits per heavy atom. The van der Waals surface area contributed by atoms with Gasteiger partial charge in [0.2, 0.25) is 0 Å². The summed E-state index contributed by atoms with van der Waals surface area (Å²) < 4.78 is 0. The van der Waals surface area contributed by atoms with Gasteiger partial charge in [-0.2, -0.15) is 0 Å². The number of carbonyl (C=O) groups is 2. The van der Waals surface area contributed by atoms with E-state index < -0.39 is 0 Å². The van der Waals surface area contributed by atoms with Crippen molar-refractivity contribution in [1.29, 1.82) is 0 Å². The monoisotopic (exact) mass is 421 g/mol. The lowest BCUT2D eigenvalue weighted by Gasteiger charge is -2.15. The first kappa shape index (κ1) is 22.4. The van der Waals surface area contributed by atoms with Gasteiger partial charge in [-0.3, -0.25) is 14.5 Å². The maximum Gasteiger partial charge on any atom is 0.267 e. The van der Waals surface area contributed by atoms with Gasteiger partial charge in [-0.15, -0.1) is 11.8 Å². The van der Waals surface area contributed by atoms with Crippen LogP contribution in [0.1, 0.15) is 62.1 Å². The molecule has 158 valence electrons. The fourth-order valence-corrected chi connectivity index (χ4v) is 4.73. The molecule has 1 aliphatic heterocycles. The number of hydrogen-bond acceptors (Lipinski definition) is 3. The normalized spacial score (nSPS) is 14.1. The first-order valence-corrected chi connectivity index (χ1v) is 11.9. The molecular weight excluding hydrogens is 390 g/mol. The van der Waals surface area contributed by atoms with Crippen LogP contribution in [-0.2, 0) is 15.3 Å². The van der Waals surface area contributed by atoms with Gasteiger partial charge in [0.05, 0.1) is 10.5 Å². The van der Waals surface area contributed by atoms with E-state index in [-0.39, 0.29) is 11.8 Å². The minimum Gasteiger partial charge on any atom is -0.274 e. The second-order valence-electron chi connectivity index (χ2n) is 7.87. The van der Waals surface area contributed by atoms with E-state index in [2.05, 4.69) is 19.1 Å². The van der Waals surface area contributed by atoms with Crippen molar-refractivity contribution in [2.45, 2.75) is 58.1 Å². The fraction of sp³-hybridized carbons (Fsp3) is 0.385. The van der Waals surface area contributed by atoms with Crippen molar-refractivity contribution in [2.24, 2.45) is 0 Å². The third-order valence-electron chi connectivity index (χ3n) is 5.43. The molecule has 0 radical (unpaired) electrons. The summed E-state index contributed by atoms with van der Waals surface area (Å²) in [6.45, 7) is 4.73. The first-order valence-electron chi connectivity index (χ1n) is 11.0. The quantitative estimate of drug-likeness (QED) is 0.312. The van der Waals surface area contributed by atoms with Gasteiger partial charge in [0, 0.05) is 12.3 Å². The van der Waals surface area contributed by atoms with Gasteiger partial charge in [0.25, 0.3) is 11.8 Å². The number of thioether (sulfide) groups is 1. The highest BCUT2D eigenvalue weighted by Crippen LogP contribution is 2.37. The Kier molecular flexibility index (Phi) is 8.32. The standard InChI is InChI=1S/C26H31NO2S/c1-3-4-5-6-7-11-18-27-25(28)23(22-16-14-20(2)15-17-22)24(26(27)29)30-19-21-12-9-8-10-13-21/h8-10,12-17H,3-7,11,18-19H2,1-2H3. The Balaban J connectivity index is 1.75. The summed E-state index contributed by atoms with van der Waals surface area (Å²) in [7, 11) is 0. The molecule has 0 bridgehead atoms. The molecule has 3 rings (SSSR count). The van der Waals surface area contributed by atoms with Gasteiger partial charge in [-0.05, 0) is 24.5 Å². The van der Waals surface area contributed by atoms with Crippen LogP contribution in [0.2, 0.25) is 0 Å². The van der Waals surface area contributed by atoms with Crippen LogP contribution in [0.15, 0.2) is 59.5 Å². The molecular formula is C26H31NO2S. The summed E-state index contributed by atoms with van der Waals surface area (Å²) in [4.78, 5) is 28.4. The van der Waals surface area contributed by atoms with Gasteiger partial charge < -0.3 is 0 Å². The second kappa shape index (κ2) is 11.2. The largest absolute Gasteiger partial charge is 0.274 e. The van der Waals surface area contributed by atoms with Crippen LogP contribution >= 0.6 is 11.8 Å². The Labute approximate surface area is 184 Å². The van der Waals surface area contributed by atoms with Crippen LogP contribution in [0, 0.1) is 6.92 Å². The molecule has 0 saturated heterocycles. The zero-order valence-corrected chi connectivity index (χ0v) is 18.8. The summed E-state index contributed by atoms with van der Waals surface area (Å²) in [6, 6.07) is 18.0. The maximum absolute atomic E-state index is 13.2. The van der Waals surface area contributed by atoms with Crippen LogP contribution in [0.25, 0.3) is 5.57 Å². The number of unbranched alkanes of at least 4 members (excludes halogenated alkanes) is 5. The molecule has 0 atom stereocenters. The number of nitrogens with zero attached hydrogens (tertiary/aromatic N) is 1. The van der Waals surface area contributed by atoms with Crippen molar-refractivity contribution in [1.82, 2.24) is 4.90 Å². The Bertz CT molecular complexity index is 887. The molecule has 3 nitrogen and oxygen atoms in total. The van der Waals surface area contributed by atoms with Crippen molar-refractivity contribution >= 4 is 29.1 Å². The highest BCUT2D eigenvalue weighted by atomic mass is 32.2. The van der Waals surface area contributed by atoms with Gasteiger partial charge >= 0.3 is 0 Å². The molecule has 0 fully saturated rings. The number of amides is 2. The SMILES string of the molecule is CCCCCCCCN1C(=O)C(SCc2ccccc2)=C(c2ccc(C)cc2)C1=O. The Morgan fingerprint density at radius 3 is 2.17 bits per heavy atom. The molecule has 0 saturated carbocycles. The fourth-order valence-electron chi connectivity index (χ4n) is 3.65. The maximum atomic E-state index is 13.2. The van der Waals surface area contributed by atoms with Crippen molar-refractivity contribution < 1.29 is 9.59 Å². The highest BCUT2D eigenvalue weighted by Gasteiger charge is 2.38. The van der Waals surface area contributed by atoms with Crippen LogP contribution in [0.5, 0.6) is 0 Å². The topological polar surface area (TPSA) is 37.4 Å². The molecule has 0 N–H and O–H groups in total. The zero-order chi connectivity index (χ0) is 21.3. The molecule has 0 aromatic heterocycles. The second-order valence-corrected chi connectivity index (χ2v) is 8.86. The molecule has 2 aromatic carbocycles. The summed E-state index contributed by atoms with van der Waals surface area (Å²) >= 11 is 1.48.